The maximum Gasteiger partial charge on any atom is 0.261 e. The van der Waals surface area contributed by atoms with Gasteiger partial charge in [-0.25, -0.2) is 14.4 Å². The molecular weight excluding hydrogens is 533 g/mol. The third-order valence-corrected chi connectivity index (χ3v) is 7.03. The summed E-state index contributed by atoms with van der Waals surface area (Å²) in [6.45, 7) is 1.68. The van der Waals surface area contributed by atoms with Crippen molar-refractivity contribution >= 4 is 45.1 Å². The molecule has 0 aliphatic rings. The lowest BCUT2D eigenvalue weighted by Crippen LogP contribution is -2.26. The molecule has 6 aromatic rings. The number of aromatic amines is 1. The van der Waals surface area contributed by atoms with Gasteiger partial charge >= 0.3 is 0 Å². The number of hydrogen-bond acceptors (Lipinski definition) is 5. The number of nitrogens with one attached hydrogen (secondary N) is 2. The smallest absolute Gasteiger partial charge is 0.261 e. The van der Waals surface area contributed by atoms with Crippen LogP contribution in [-0.4, -0.2) is 25.4 Å². The summed E-state index contributed by atoms with van der Waals surface area (Å²) in [4.78, 5) is 37.9. The van der Waals surface area contributed by atoms with Crippen LogP contribution in [0.3, 0.4) is 0 Å². The van der Waals surface area contributed by atoms with Gasteiger partial charge in [-0.2, -0.15) is 0 Å². The van der Waals surface area contributed by atoms with Crippen molar-refractivity contribution in [1.82, 2.24) is 19.5 Å². The summed E-state index contributed by atoms with van der Waals surface area (Å²) in [5.41, 5.74) is 3.03. The predicted octanol–water partition coefficient (Wildman–Crippen LogP) is 6.62. The second-order valence-electron chi connectivity index (χ2n) is 9.18. The molecule has 0 aliphatic heterocycles. The molecule has 10 heteroatoms. The van der Waals surface area contributed by atoms with Crippen molar-refractivity contribution in [3.8, 4) is 22.8 Å². The maximum absolute atomic E-state index is 15.2. The van der Waals surface area contributed by atoms with Gasteiger partial charge in [0.2, 0.25) is 11.3 Å². The first-order chi connectivity index (χ1) is 19.3. The number of H-pyrrole nitrogens is 1. The monoisotopic (exact) mass is 553 g/mol. The van der Waals surface area contributed by atoms with E-state index in [0.29, 0.717) is 32.7 Å². The van der Waals surface area contributed by atoms with Crippen LogP contribution in [0.1, 0.15) is 16.1 Å². The number of ether oxygens (including phenoxy) is 1. The minimum Gasteiger partial charge on any atom is -0.435 e. The van der Waals surface area contributed by atoms with E-state index in [1.807, 2.05) is 30.3 Å². The molecule has 2 N–H and O–H groups in total. The number of carbonyl (C=O) groups excluding carboxylic acids is 1. The topological polar surface area (TPSA) is 102 Å². The Kier molecular flexibility index (Phi) is 6.28. The van der Waals surface area contributed by atoms with Gasteiger partial charge < -0.3 is 19.6 Å². The number of pyridine rings is 1. The maximum atomic E-state index is 15.2. The molecule has 40 heavy (non-hydrogen) atoms. The average Bonchev–Trinajstić information content (AvgIpc) is 3.39. The van der Waals surface area contributed by atoms with E-state index in [4.69, 9.17) is 16.3 Å². The minimum atomic E-state index is -0.726. The largest absolute Gasteiger partial charge is 0.435 e. The lowest BCUT2D eigenvalue weighted by atomic mass is 10.1. The van der Waals surface area contributed by atoms with Crippen LogP contribution in [0.25, 0.3) is 33.1 Å². The zero-order valence-corrected chi connectivity index (χ0v) is 22.1. The number of anilines is 1. The van der Waals surface area contributed by atoms with E-state index in [1.54, 1.807) is 36.9 Å². The number of carbonyl (C=O) groups is 1. The molecule has 0 fully saturated rings. The Morgan fingerprint density at radius 2 is 1.88 bits per heavy atom. The number of aryl methyl sites for hydroxylation is 1. The molecule has 0 saturated carbocycles. The first-order valence-corrected chi connectivity index (χ1v) is 12.6. The Morgan fingerprint density at radius 1 is 1.07 bits per heavy atom. The number of halogens is 2. The van der Waals surface area contributed by atoms with Crippen LogP contribution in [0.2, 0.25) is 5.02 Å². The molecule has 0 unspecified atom stereocenters. The molecule has 0 saturated heterocycles. The second kappa shape index (κ2) is 9.94. The average molecular weight is 554 g/mol. The van der Waals surface area contributed by atoms with E-state index >= 15 is 4.39 Å². The number of hydrogen-bond donors (Lipinski definition) is 2. The van der Waals surface area contributed by atoms with Gasteiger partial charge in [0.15, 0.2) is 11.6 Å². The molecule has 0 bridgehead atoms. The van der Waals surface area contributed by atoms with E-state index in [-0.39, 0.29) is 22.9 Å². The Morgan fingerprint density at radius 3 is 2.65 bits per heavy atom. The number of benzene rings is 3. The third kappa shape index (κ3) is 4.36. The van der Waals surface area contributed by atoms with E-state index < -0.39 is 17.2 Å². The van der Waals surface area contributed by atoms with Gasteiger partial charge in [-0.3, -0.25) is 9.59 Å². The van der Waals surface area contributed by atoms with Crippen molar-refractivity contribution in [2.45, 2.75) is 6.92 Å². The number of fused-ring (bicyclic) bond motifs is 2. The number of amides is 1. The standard InChI is InChI=1S/C30H21ClFN5O3/c1-16-25(27(38)20-12-18(31)8-10-23(20)37(16)2)29(39)36-19-9-11-24(22(32)13-19)40-30-26-21(17-6-4-3-5-7-17)14-33-28(26)34-15-35-30/h3-15H,1-2H3,(H,36,39)(H,33,34,35). The molecule has 0 radical (unpaired) electrons. The summed E-state index contributed by atoms with van der Waals surface area (Å²) >= 11 is 6.09. The summed E-state index contributed by atoms with van der Waals surface area (Å²) in [6.07, 6.45) is 3.12. The fraction of sp³-hybridized carbons (Fsp3) is 0.0667. The highest BCUT2D eigenvalue weighted by molar-refractivity contribution is 6.31. The van der Waals surface area contributed by atoms with Crippen molar-refractivity contribution in [1.29, 1.82) is 0 Å². The minimum absolute atomic E-state index is 0.0534. The van der Waals surface area contributed by atoms with Crippen LogP contribution >= 0.6 is 11.6 Å². The predicted molar refractivity (Wildman–Crippen MR) is 153 cm³/mol. The van der Waals surface area contributed by atoms with Gasteiger partial charge in [-0.15, -0.1) is 0 Å². The van der Waals surface area contributed by atoms with Gasteiger partial charge in [0, 0.05) is 46.7 Å². The highest BCUT2D eigenvalue weighted by atomic mass is 35.5. The Bertz CT molecular complexity index is 2000. The molecule has 3 aromatic heterocycles. The van der Waals surface area contributed by atoms with Crippen LogP contribution in [0.5, 0.6) is 11.6 Å². The van der Waals surface area contributed by atoms with Crippen LogP contribution in [0, 0.1) is 12.7 Å². The number of rotatable bonds is 5. The van der Waals surface area contributed by atoms with E-state index in [9.17, 15) is 9.59 Å². The van der Waals surface area contributed by atoms with Crippen molar-refractivity contribution in [3.63, 3.8) is 0 Å². The van der Waals surface area contributed by atoms with Crippen molar-refractivity contribution in [3.05, 3.63) is 112 Å². The Labute approximate surface area is 232 Å². The normalized spacial score (nSPS) is 11.2. The zero-order chi connectivity index (χ0) is 28.0. The van der Waals surface area contributed by atoms with Crippen molar-refractivity contribution in [2.75, 3.05) is 5.32 Å². The molecule has 0 atom stereocenters. The summed E-state index contributed by atoms with van der Waals surface area (Å²) in [5.74, 6) is -1.30. The second-order valence-corrected chi connectivity index (χ2v) is 9.62. The summed E-state index contributed by atoms with van der Waals surface area (Å²) in [5, 5.41) is 3.93. The summed E-state index contributed by atoms with van der Waals surface area (Å²) in [6, 6.07) is 18.6. The molecule has 0 aliphatic carbocycles. The molecule has 3 heterocycles. The number of aromatic nitrogens is 4. The molecular formula is C30H21ClFN5O3. The zero-order valence-electron chi connectivity index (χ0n) is 21.3. The van der Waals surface area contributed by atoms with Crippen molar-refractivity contribution in [2.24, 2.45) is 7.05 Å². The lowest BCUT2D eigenvalue weighted by Gasteiger charge is -2.15. The number of nitrogens with zero attached hydrogens (tertiary/aromatic N) is 3. The van der Waals surface area contributed by atoms with Gasteiger partial charge in [0.1, 0.15) is 17.5 Å². The quantitative estimate of drug-likeness (QED) is 0.250. The lowest BCUT2D eigenvalue weighted by molar-refractivity contribution is 0.102. The van der Waals surface area contributed by atoms with Gasteiger partial charge in [0.25, 0.3) is 5.91 Å². The fourth-order valence-corrected chi connectivity index (χ4v) is 4.89. The molecule has 0 spiro atoms. The van der Waals surface area contributed by atoms with Crippen LogP contribution in [-0.2, 0) is 7.05 Å². The van der Waals surface area contributed by atoms with Crippen molar-refractivity contribution < 1.29 is 13.9 Å². The van der Waals surface area contributed by atoms with Gasteiger partial charge in [-0.05, 0) is 42.8 Å². The highest BCUT2D eigenvalue weighted by Crippen LogP contribution is 2.36. The summed E-state index contributed by atoms with van der Waals surface area (Å²) in [7, 11) is 1.76. The molecule has 3 aromatic carbocycles. The first-order valence-electron chi connectivity index (χ1n) is 12.3. The SMILES string of the molecule is Cc1c(C(=O)Nc2ccc(Oc3ncnc4[nH]cc(-c5ccccc5)c34)c(F)c2)c(=O)c2cc(Cl)ccc2n1C. The van der Waals surface area contributed by atoms with E-state index in [1.165, 1.54) is 24.5 Å². The first kappa shape index (κ1) is 25.3. The van der Waals surface area contributed by atoms with Gasteiger partial charge in [-0.1, -0.05) is 41.9 Å². The highest BCUT2D eigenvalue weighted by Gasteiger charge is 2.21. The van der Waals surface area contributed by atoms with E-state index in [0.717, 1.165) is 17.2 Å². The van der Waals surface area contributed by atoms with Gasteiger partial charge in [0.05, 0.1) is 10.9 Å². The molecule has 198 valence electrons. The third-order valence-electron chi connectivity index (χ3n) is 6.80. The molecule has 6 rings (SSSR count). The molecule has 1 amide bonds. The van der Waals surface area contributed by atoms with E-state index in [2.05, 4.69) is 20.3 Å². The molecule has 8 nitrogen and oxygen atoms in total. The Hall–Kier alpha value is -5.02. The van der Waals surface area contributed by atoms with Crippen LogP contribution < -0.4 is 15.5 Å². The Balaban J connectivity index is 1.30. The van der Waals surface area contributed by atoms with Crippen LogP contribution in [0.4, 0.5) is 10.1 Å². The summed E-state index contributed by atoms with van der Waals surface area (Å²) < 4.78 is 22.8. The van der Waals surface area contributed by atoms with Crippen LogP contribution in [0.15, 0.2) is 84.0 Å². The fourth-order valence-electron chi connectivity index (χ4n) is 4.71.